The lowest BCUT2D eigenvalue weighted by molar-refractivity contribution is 0.0668. The Bertz CT molecular complexity index is 517. The molecular weight excluding hydrogens is 246 g/mol. The molecule has 0 aliphatic heterocycles. The van der Waals surface area contributed by atoms with Crippen molar-refractivity contribution < 1.29 is 5.11 Å². The summed E-state index contributed by atoms with van der Waals surface area (Å²) in [5.41, 5.74) is 7.57. The fourth-order valence-corrected chi connectivity index (χ4v) is 1.91. The van der Waals surface area contributed by atoms with Gasteiger partial charge in [0.05, 0.1) is 5.60 Å². The molecule has 94 valence electrons. The van der Waals surface area contributed by atoms with Gasteiger partial charge in [0.1, 0.15) is 0 Å². The van der Waals surface area contributed by atoms with Crippen LogP contribution < -0.4 is 5.73 Å². The van der Waals surface area contributed by atoms with Gasteiger partial charge < -0.3 is 10.8 Å². The lowest BCUT2D eigenvalue weighted by atomic mass is 9.94. The number of hydrogen-bond acceptors (Lipinski definition) is 2. The van der Waals surface area contributed by atoms with Crippen LogP contribution in [0, 0.1) is 0 Å². The Morgan fingerprint density at radius 1 is 1.00 bits per heavy atom. The maximum atomic E-state index is 10.0. The normalized spacial score (nSPS) is 14.2. The van der Waals surface area contributed by atoms with E-state index >= 15 is 0 Å². The number of aliphatic hydroxyl groups is 1. The van der Waals surface area contributed by atoms with Crippen molar-refractivity contribution in [3.63, 3.8) is 0 Å². The van der Waals surface area contributed by atoms with Crippen LogP contribution in [-0.2, 0) is 5.60 Å². The summed E-state index contributed by atoms with van der Waals surface area (Å²) in [6, 6.07) is 15.4. The van der Waals surface area contributed by atoms with E-state index in [4.69, 9.17) is 17.3 Å². The number of halogens is 1. The molecule has 18 heavy (non-hydrogen) atoms. The molecule has 3 N–H and O–H groups in total. The monoisotopic (exact) mass is 261 g/mol. The van der Waals surface area contributed by atoms with E-state index in [1.54, 1.807) is 6.92 Å². The molecule has 0 heterocycles. The molecular formula is C15H16ClNO. The minimum atomic E-state index is -0.974. The van der Waals surface area contributed by atoms with Gasteiger partial charge in [-0.1, -0.05) is 48.0 Å². The molecule has 2 aromatic carbocycles. The first-order valence-electron chi connectivity index (χ1n) is 5.82. The van der Waals surface area contributed by atoms with E-state index in [-0.39, 0.29) is 6.54 Å². The maximum absolute atomic E-state index is 10.0. The van der Waals surface area contributed by atoms with Crippen molar-refractivity contribution in [2.45, 2.75) is 12.5 Å². The summed E-state index contributed by atoms with van der Waals surface area (Å²) in [7, 11) is 0. The van der Waals surface area contributed by atoms with E-state index in [2.05, 4.69) is 0 Å². The standard InChI is InChI=1S/C15H16ClNO/c1-15(18,10-17)13-6-2-11(3-7-13)12-4-8-14(16)9-5-12/h2-9,18H,10,17H2,1H3. The van der Waals surface area contributed by atoms with Gasteiger partial charge in [-0.15, -0.1) is 0 Å². The van der Waals surface area contributed by atoms with Crippen LogP contribution in [0.1, 0.15) is 12.5 Å². The molecule has 3 heteroatoms. The van der Waals surface area contributed by atoms with Crippen molar-refractivity contribution in [2.24, 2.45) is 5.73 Å². The fraction of sp³-hybridized carbons (Fsp3) is 0.200. The second kappa shape index (κ2) is 5.11. The van der Waals surface area contributed by atoms with Gasteiger partial charge in [0, 0.05) is 11.6 Å². The third-order valence-electron chi connectivity index (χ3n) is 3.08. The van der Waals surface area contributed by atoms with Gasteiger partial charge in [-0.25, -0.2) is 0 Å². The Labute approximate surface area is 112 Å². The third kappa shape index (κ3) is 2.72. The number of hydrogen-bond donors (Lipinski definition) is 2. The number of benzene rings is 2. The van der Waals surface area contributed by atoms with Gasteiger partial charge in [-0.05, 0) is 35.7 Å². The number of rotatable bonds is 3. The minimum Gasteiger partial charge on any atom is -0.384 e. The average molecular weight is 262 g/mol. The molecule has 1 atom stereocenters. The zero-order valence-electron chi connectivity index (χ0n) is 10.2. The van der Waals surface area contributed by atoms with E-state index in [9.17, 15) is 5.11 Å². The molecule has 1 unspecified atom stereocenters. The van der Waals surface area contributed by atoms with Crippen LogP contribution in [0.15, 0.2) is 48.5 Å². The summed E-state index contributed by atoms with van der Waals surface area (Å²) in [6.45, 7) is 1.91. The first-order chi connectivity index (χ1) is 8.53. The summed E-state index contributed by atoms with van der Waals surface area (Å²) in [6.07, 6.45) is 0. The lowest BCUT2D eigenvalue weighted by Crippen LogP contribution is -2.31. The second-order valence-electron chi connectivity index (χ2n) is 4.56. The fourth-order valence-electron chi connectivity index (χ4n) is 1.78. The van der Waals surface area contributed by atoms with Gasteiger partial charge in [0.15, 0.2) is 0 Å². The predicted molar refractivity (Wildman–Crippen MR) is 75.5 cm³/mol. The van der Waals surface area contributed by atoms with Crippen molar-refractivity contribution >= 4 is 11.6 Å². The molecule has 0 saturated carbocycles. The predicted octanol–water partition coefficient (Wildman–Crippen LogP) is 3.17. The summed E-state index contributed by atoms with van der Waals surface area (Å²) in [5.74, 6) is 0. The van der Waals surface area contributed by atoms with Gasteiger partial charge >= 0.3 is 0 Å². The summed E-state index contributed by atoms with van der Waals surface area (Å²) in [5, 5.41) is 10.8. The SMILES string of the molecule is CC(O)(CN)c1ccc(-c2ccc(Cl)cc2)cc1. The van der Waals surface area contributed by atoms with Crippen molar-refractivity contribution in [1.82, 2.24) is 0 Å². The van der Waals surface area contributed by atoms with E-state index in [1.807, 2.05) is 48.5 Å². The van der Waals surface area contributed by atoms with Crippen LogP contribution in [0.4, 0.5) is 0 Å². The molecule has 0 spiro atoms. The van der Waals surface area contributed by atoms with Gasteiger partial charge in [-0.3, -0.25) is 0 Å². The maximum Gasteiger partial charge on any atom is 0.0990 e. The van der Waals surface area contributed by atoms with Crippen LogP contribution in [-0.4, -0.2) is 11.7 Å². The Kier molecular flexibility index (Phi) is 3.71. The highest BCUT2D eigenvalue weighted by molar-refractivity contribution is 6.30. The second-order valence-corrected chi connectivity index (χ2v) is 5.00. The molecule has 0 aliphatic rings. The number of nitrogens with two attached hydrogens (primary N) is 1. The quantitative estimate of drug-likeness (QED) is 0.891. The highest BCUT2D eigenvalue weighted by Gasteiger charge is 2.20. The largest absolute Gasteiger partial charge is 0.384 e. The molecule has 2 aromatic rings. The van der Waals surface area contributed by atoms with Crippen molar-refractivity contribution in [1.29, 1.82) is 0 Å². The first kappa shape index (κ1) is 13.1. The first-order valence-corrected chi connectivity index (χ1v) is 6.20. The average Bonchev–Trinajstić information content (AvgIpc) is 2.40. The Morgan fingerprint density at radius 3 is 1.89 bits per heavy atom. The molecule has 0 bridgehead atoms. The Balaban J connectivity index is 2.30. The van der Waals surface area contributed by atoms with E-state index < -0.39 is 5.60 Å². The van der Waals surface area contributed by atoms with E-state index in [1.165, 1.54) is 0 Å². The van der Waals surface area contributed by atoms with Gasteiger partial charge in [0.2, 0.25) is 0 Å². The van der Waals surface area contributed by atoms with Crippen LogP contribution in [0.5, 0.6) is 0 Å². The highest BCUT2D eigenvalue weighted by Crippen LogP contribution is 2.25. The zero-order chi connectivity index (χ0) is 13.2. The van der Waals surface area contributed by atoms with Gasteiger partial charge in [0.25, 0.3) is 0 Å². The topological polar surface area (TPSA) is 46.2 Å². The van der Waals surface area contributed by atoms with Crippen molar-refractivity contribution in [3.05, 3.63) is 59.1 Å². The van der Waals surface area contributed by atoms with Crippen LogP contribution in [0.3, 0.4) is 0 Å². The van der Waals surface area contributed by atoms with Gasteiger partial charge in [-0.2, -0.15) is 0 Å². The molecule has 0 radical (unpaired) electrons. The molecule has 2 nitrogen and oxygen atoms in total. The lowest BCUT2D eigenvalue weighted by Gasteiger charge is -2.21. The van der Waals surface area contributed by atoms with Crippen LogP contribution in [0.25, 0.3) is 11.1 Å². The van der Waals surface area contributed by atoms with Crippen LogP contribution in [0.2, 0.25) is 5.02 Å². The molecule has 0 aromatic heterocycles. The molecule has 0 saturated heterocycles. The van der Waals surface area contributed by atoms with E-state index in [0.717, 1.165) is 21.7 Å². The zero-order valence-corrected chi connectivity index (χ0v) is 11.0. The molecule has 0 aliphatic carbocycles. The summed E-state index contributed by atoms with van der Waals surface area (Å²) >= 11 is 5.86. The van der Waals surface area contributed by atoms with E-state index in [0.29, 0.717) is 0 Å². The molecule has 2 rings (SSSR count). The molecule has 0 fully saturated rings. The van der Waals surface area contributed by atoms with Crippen molar-refractivity contribution in [3.8, 4) is 11.1 Å². The minimum absolute atomic E-state index is 0.202. The summed E-state index contributed by atoms with van der Waals surface area (Å²) in [4.78, 5) is 0. The van der Waals surface area contributed by atoms with Crippen LogP contribution >= 0.6 is 11.6 Å². The highest BCUT2D eigenvalue weighted by atomic mass is 35.5. The summed E-state index contributed by atoms with van der Waals surface area (Å²) < 4.78 is 0. The Hall–Kier alpha value is -1.35. The Morgan fingerprint density at radius 2 is 1.44 bits per heavy atom. The smallest absolute Gasteiger partial charge is 0.0990 e. The molecule has 0 amide bonds. The third-order valence-corrected chi connectivity index (χ3v) is 3.33. The van der Waals surface area contributed by atoms with Crippen molar-refractivity contribution in [2.75, 3.05) is 6.54 Å².